The van der Waals surface area contributed by atoms with Gasteiger partial charge in [0.2, 0.25) is 0 Å². The van der Waals surface area contributed by atoms with Crippen molar-refractivity contribution in [2.24, 2.45) is 0 Å². The van der Waals surface area contributed by atoms with Crippen molar-refractivity contribution in [3.8, 4) is 11.4 Å². The third-order valence-electron chi connectivity index (χ3n) is 2.69. The zero-order valence-electron chi connectivity index (χ0n) is 9.71. The van der Waals surface area contributed by atoms with Crippen molar-refractivity contribution in [3.63, 3.8) is 0 Å². The minimum Gasteiger partial charge on any atom is -0.480 e. The molecule has 0 spiro atoms. The van der Waals surface area contributed by atoms with Crippen molar-refractivity contribution >= 4 is 5.97 Å². The maximum atomic E-state index is 10.9. The molecule has 0 saturated heterocycles. The Bertz CT molecular complexity index is 546. The summed E-state index contributed by atoms with van der Waals surface area (Å²) in [5, 5.41) is 8.91. The normalized spacial score (nSPS) is 10.5. The van der Waals surface area contributed by atoms with Crippen molar-refractivity contribution in [2.45, 2.75) is 20.4 Å². The van der Waals surface area contributed by atoms with E-state index in [1.54, 1.807) is 17.0 Å². The van der Waals surface area contributed by atoms with Crippen LogP contribution >= 0.6 is 0 Å². The van der Waals surface area contributed by atoms with Crippen molar-refractivity contribution in [3.05, 3.63) is 35.9 Å². The lowest BCUT2D eigenvalue weighted by Crippen LogP contribution is -2.11. The Balaban J connectivity index is 2.54. The molecule has 0 unspecified atom stereocenters. The van der Waals surface area contributed by atoms with Crippen LogP contribution in [0.25, 0.3) is 11.4 Å². The molecule has 0 aliphatic carbocycles. The Labute approximate surface area is 98.8 Å². The summed E-state index contributed by atoms with van der Waals surface area (Å²) >= 11 is 0. The fraction of sp³-hybridized carbons (Fsp3) is 0.250. The Hall–Kier alpha value is -2.17. The second-order valence-electron chi connectivity index (χ2n) is 3.82. The van der Waals surface area contributed by atoms with Gasteiger partial charge in [-0.1, -0.05) is 0 Å². The third kappa shape index (κ3) is 2.18. The first-order valence-corrected chi connectivity index (χ1v) is 5.25. The van der Waals surface area contributed by atoms with Gasteiger partial charge in [-0.05, 0) is 26.0 Å². The van der Waals surface area contributed by atoms with Gasteiger partial charge >= 0.3 is 5.97 Å². The number of aryl methyl sites for hydroxylation is 1. The highest BCUT2D eigenvalue weighted by Crippen LogP contribution is 2.21. The zero-order valence-corrected chi connectivity index (χ0v) is 9.71. The van der Waals surface area contributed by atoms with E-state index in [1.165, 1.54) is 0 Å². The van der Waals surface area contributed by atoms with Crippen molar-refractivity contribution in [2.75, 3.05) is 0 Å². The Morgan fingerprint density at radius 1 is 1.35 bits per heavy atom. The maximum Gasteiger partial charge on any atom is 0.323 e. The van der Waals surface area contributed by atoms with Crippen LogP contribution in [0.2, 0.25) is 0 Å². The van der Waals surface area contributed by atoms with Crippen LogP contribution in [0.3, 0.4) is 0 Å². The topological polar surface area (TPSA) is 68.0 Å². The molecule has 5 heteroatoms. The third-order valence-corrected chi connectivity index (χ3v) is 2.69. The number of carboxylic acid groups (broad SMARTS) is 1. The second kappa shape index (κ2) is 4.37. The lowest BCUT2D eigenvalue weighted by molar-refractivity contribution is -0.137. The standard InChI is InChI=1S/C12H13N3O2/c1-8-9(2)15(7-11(16)17)12(14-8)10-3-5-13-6-4-10/h3-6H,7H2,1-2H3,(H,16,17). The lowest BCUT2D eigenvalue weighted by Gasteiger charge is -2.06. The number of aromatic nitrogens is 3. The van der Waals surface area contributed by atoms with Crippen LogP contribution in [0.5, 0.6) is 0 Å². The predicted octanol–water partition coefficient (Wildman–Crippen LogP) is 1.65. The summed E-state index contributed by atoms with van der Waals surface area (Å²) in [6.07, 6.45) is 3.33. The van der Waals surface area contributed by atoms with Gasteiger partial charge in [-0.25, -0.2) is 4.98 Å². The molecule has 2 aromatic rings. The summed E-state index contributed by atoms with van der Waals surface area (Å²) in [7, 11) is 0. The molecule has 0 radical (unpaired) electrons. The van der Waals surface area contributed by atoms with Crippen molar-refractivity contribution < 1.29 is 9.90 Å². The van der Waals surface area contributed by atoms with Gasteiger partial charge in [-0.2, -0.15) is 0 Å². The zero-order chi connectivity index (χ0) is 12.4. The van der Waals surface area contributed by atoms with Crippen LogP contribution in [-0.2, 0) is 11.3 Å². The average Bonchev–Trinajstić information content (AvgIpc) is 2.58. The van der Waals surface area contributed by atoms with E-state index in [0.717, 1.165) is 17.0 Å². The molecular weight excluding hydrogens is 218 g/mol. The number of hydrogen-bond donors (Lipinski definition) is 1. The van der Waals surface area contributed by atoms with E-state index >= 15 is 0 Å². The van der Waals surface area contributed by atoms with Crippen LogP contribution in [-0.4, -0.2) is 25.6 Å². The number of hydrogen-bond acceptors (Lipinski definition) is 3. The molecule has 2 aromatic heterocycles. The van der Waals surface area contributed by atoms with E-state index in [0.29, 0.717) is 5.82 Å². The molecule has 2 heterocycles. The minimum atomic E-state index is -0.874. The highest BCUT2D eigenvalue weighted by Gasteiger charge is 2.14. The Morgan fingerprint density at radius 2 is 2.00 bits per heavy atom. The van der Waals surface area contributed by atoms with E-state index in [2.05, 4.69) is 9.97 Å². The Morgan fingerprint density at radius 3 is 2.59 bits per heavy atom. The molecule has 5 nitrogen and oxygen atoms in total. The van der Waals surface area contributed by atoms with Crippen LogP contribution in [0.15, 0.2) is 24.5 Å². The van der Waals surface area contributed by atoms with Gasteiger partial charge in [0.25, 0.3) is 0 Å². The highest BCUT2D eigenvalue weighted by atomic mass is 16.4. The van der Waals surface area contributed by atoms with Gasteiger partial charge in [0, 0.05) is 23.7 Å². The first kappa shape index (κ1) is 11.3. The SMILES string of the molecule is Cc1nc(-c2ccncc2)n(CC(=O)O)c1C. The summed E-state index contributed by atoms with van der Waals surface area (Å²) in [5.74, 6) is -0.203. The number of rotatable bonds is 3. The largest absolute Gasteiger partial charge is 0.480 e. The van der Waals surface area contributed by atoms with Gasteiger partial charge in [0.1, 0.15) is 12.4 Å². The second-order valence-corrected chi connectivity index (χ2v) is 3.82. The number of carbonyl (C=O) groups is 1. The van der Waals surface area contributed by atoms with Gasteiger partial charge < -0.3 is 9.67 Å². The van der Waals surface area contributed by atoms with E-state index in [1.807, 2.05) is 26.0 Å². The van der Waals surface area contributed by atoms with Gasteiger partial charge in [-0.15, -0.1) is 0 Å². The molecule has 0 fully saturated rings. The lowest BCUT2D eigenvalue weighted by atomic mass is 10.2. The van der Waals surface area contributed by atoms with Gasteiger partial charge in [0.05, 0.1) is 5.69 Å². The van der Waals surface area contributed by atoms with Crippen molar-refractivity contribution in [1.82, 2.24) is 14.5 Å². The monoisotopic (exact) mass is 231 g/mol. The number of carboxylic acids is 1. The minimum absolute atomic E-state index is 0.0790. The van der Waals surface area contributed by atoms with Gasteiger partial charge in [-0.3, -0.25) is 9.78 Å². The molecule has 0 aliphatic rings. The summed E-state index contributed by atoms with van der Waals surface area (Å²) < 4.78 is 1.70. The van der Waals surface area contributed by atoms with Crippen LogP contribution in [0.1, 0.15) is 11.4 Å². The van der Waals surface area contributed by atoms with Gasteiger partial charge in [0.15, 0.2) is 0 Å². The molecule has 1 N–H and O–H groups in total. The van der Waals surface area contributed by atoms with Crippen LogP contribution < -0.4 is 0 Å². The molecule has 2 rings (SSSR count). The molecule has 0 amide bonds. The van der Waals surface area contributed by atoms with E-state index in [-0.39, 0.29) is 6.54 Å². The molecule has 0 aliphatic heterocycles. The average molecular weight is 231 g/mol. The highest BCUT2D eigenvalue weighted by molar-refractivity contribution is 5.68. The maximum absolute atomic E-state index is 10.9. The molecule has 0 saturated carbocycles. The first-order chi connectivity index (χ1) is 8.09. The fourth-order valence-corrected chi connectivity index (χ4v) is 1.70. The predicted molar refractivity (Wildman–Crippen MR) is 62.6 cm³/mol. The summed E-state index contributed by atoms with van der Waals surface area (Å²) in [6.45, 7) is 3.67. The number of imidazole rings is 1. The number of aliphatic carboxylic acids is 1. The molecule has 0 aromatic carbocycles. The van der Waals surface area contributed by atoms with E-state index in [4.69, 9.17) is 5.11 Å². The molecule has 88 valence electrons. The quantitative estimate of drug-likeness (QED) is 0.872. The Kier molecular flexibility index (Phi) is 2.91. The fourth-order valence-electron chi connectivity index (χ4n) is 1.70. The number of nitrogens with zero attached hydrogens (tertiary/aromatic N) is 3. The van der Waals surface area contributed by atoms with Crippen molar-refractivity contribution in [1.29, 1.82) is 0 Å². The smallest absolute Gasteiger partial charge is 0.323 e. The molecule has 0 bridgehead atoms. The summed E-state index contributed by atoms with van der Waals surface area (Å²) in [4.78, 5) is 19.2. The van der Waals surface area contributed by atoms with E-state index in [9.17, 15) is 4.79 Å². The first-order valence-electron chi connectivity index (χ1n) is 5.25. The van der Waals surface area contributed by atoms with Crippen LogP contribution in [0.4, 0.5) is 0 Å². The number of pyridine rings is 1. The molecular formula is C12H13N3O2. The van der Waals surface area contributed by atoms with Crippen LogP contribution in [0, 0.1) is 13.8 Å². The summed E-state index contributed by atoms with van der Waals surface area (Å²) in [5.41, 5.74) is 2.59. The summed E-state index contributed by atoms with van der Waals surface area (Å²) in [6, 6.07) is 3.64. The molecule has 17 heavy (non-hydrogen) atoms. The molecule has 0 atom stereocenters. The van der Waals surface area contributed by atoms with E-state index < -0.39 is 5.97 Å².